The van der Waals surface area contributed by atoms with E-state index in [1.165, 1.54) is 24.3 Å². The number of hydrogen-bond acceptors (Lipinski definition) is 2. The molecule has 1 aromatic heterocycles. The van der Waals surface area contributed by atoms with Gasteiger partial charge in [-0.2, -0.15) is 13.2 Å². The molecule has 0 aliphatic rings. The summed E-state index contributed by atoms with van der Waals surface area (Å²) in [5, 5.41) is 0.362. The molecule has 3 aromatic rings. The topological polar surface area (TPSA) is 40.0 Å². The van der Waals surface area contributed by atoms with Crippen molar-refractivity contribution in [3.05, 3.63) is 59.5 Å². The minimum atomic E-state index is -4.66. The molecule has 0 saturated heterocycles. The fourth-order valence-corrected chi connectivity index (χ4v) is 4.71. The molecule has 0 saturated carbocycles. The number of nitrogens with zero attached hydrogens (tertiary/aromatic N) is 1. The molecule has 35 heavy (non-hydrogen) atoms. The van der Waals surface area contributed by atoms with Crippen LogP contribution >= 0.6 is 0 Å². The van der Waals surface area contributed by atoms with E-state index in [1.807, 2.05) is 20.8 Å². The van der Waals surface area contributed by atoms with Crippen LogP contribution < -0.4 is 4.72 Å². The molecule has 0 unspecified atom stereocenters. The highest BCUT2D eigenvalue weighted by atomic mass is 32.2. The minimum Gasteiger partial charge on any atom is -0.598 e. The van der Waals surface area contributed by atoms with Gasteiger partial charge in [-0.15, -0.1) is 4.72 Å². The van der Waals surface area contributed by atoms with Gasteiger partial charge in [0.2, 0.25) is 0 Å². The van der Waals surface area contributed by atoms with Gasteiger partial charge in [-0.25, -0.2) is 8.78 Å². The minimum absolute atomic E-state index is 0.187. The average Bonchev–Trinajstić information content (AvgIpc) is 3.05. The Labute approximate surface area is 206 Å². The van der Waals surface area contributed by atoms with Crippen molar-refractivity contribution in [3.8, 4) is 11.1 Å². The highest BCUT2D eigenvalue weighted by Crippen LogP contribution is 2.40. The zero-order valence-electron chi connectivity index (χ0n) is 20.7. The zero-order chi connectivity index (χ0) is 26.3. The van der Waals surface area contributed by atoms with E-state index in [2.05, 4.69) is 4.72 Å². The maximum atomic E-state index is 15.4. The van der Waals surface area contributed by atoms with E-state index in [0.717, 1.165) is 12.1 Å². The maximum Gasteiger partial charge on any atom is 0.417 e. The third kappa shape index (κ3) is 6.19. The van der Waals surface area contributed by atoms with E-state index in [9.17, 15) is 22.1 Å². The number of hydrogen-bond donors (Lipinski definition) is 1. The smallest absolute Gasteiger partial charge is 0.417 e. The third-order valence-corrected chi connectivity index (χ3v) is 7.11. The van der Waals surface area contributed by atoms with Gasteiger partial charge in [0.05, 0.1) is 5.56 Å². The largest absolute Gasteiger partial charge is 0.598 e. The molecule has 2 atom stereocenters. The lowest BCUT2D eigenvalue weighted by Crippen LogP contribution is -2.41. The second-order valence-electron chi connectivity index (χ2n) is 10.9. The highest BCUT2D eigenvalue weighted by Gasteiger charge is 2.35. The predicted octanol–water partition coefficient (Wildman–Crippen LogP) is 7.57. The third-order valence-electron chi connectivity index (χ3n) is 5.50. The molecule has 0 aliphatic carbocycles. The van der Waals surface area contributed by atoms with Gasteiger partial charge in [0.1, 0.15) is 23.3 Å². The van der Waals surface area contributed by atoms with Crippen LogP contribution in [0.4, 0.5) is 22.0 Å². The van der Waals surface area contributed by atoms with Crippen LogP contribution in [0.1, 0.15) is 58.7 Å². The fourth-order valence-electron chi connectivity index (χ4n) is 3.91. The first-order valence-corrected chi connectivity index (χ1v) is 12.4. The quantitative estimate of drug-likeness (QED) is 0.272. The van der Waals surface area contributed by atoms with Crippen LogP contribution in [0, 0.1) is 11.2 Å². The monoisotopic (exact) mass is 514 g/mol. The first kappa shape index (κ1) is 27.5. The molecule has 1 heterocycles. The summed E-state index contributed by atoms with van der Waals surface area (Å²) in [5.74, 6) is -0.849. The summed E-state index contributed by atoms with van der Waals surface area (Å²) in [4.78, 5) is 0. The normalized spacial score (nSPS) is 15.0. The Morgan fingerprint density at radius 2 is 1.63 bits per heavy atom. The standard InChI is InChI=1S/C26H31F5N2OS/c1-24(2,3)15-33-14-19(22(13-27)32-35(34)25(4,5)6)18-11-21(28)17(12-23(18)33)16-9-7-8-10-20(16)26(29,30)31/h7-12,14,22,32H,13,15H2,1-6H3/t22-,35+/m1/s1. The lowest BCUT2D eigenvalue weighted by Gasteiger charge is -2.26. The summed E-state index contributed by atoms with van der Waals surface area (Å²) in [5.41, 5.74) is -0.735. The van der Waals surface area contributed by atoms with Crippen LogP contribution in [0.15, 0.2) is 42.6 Å². The number of halogens is 5. The van der Waals surface area contributed by atoms with Gasteiger partial charge in [0.15, 0.2) is 0 Å². The van der Waals surface area contributed by atoms with E-state index >= 15 is 4.39 Å². The Morgan fingerprint density at radius 3 is 2.17 bits per heavy atom. The van der Waals surface area contributed by atoms with Crippen LogP contribution in [0.3, 0.4) is 0 Å². The molecule has 0 amide bonds. The van der Waals surface area contributed by atoms with Crippen LogP contribution in [-0.4, -0.2) is 20.5 Å². The Hall–Kier alpha value is -2.10. The Morgan fingerprint density at radius 1 is 1.00 bits per heavy atom. The van der Waals surface area contributed by atoms with E-state index in [0.29, 0.717) is 23.0 Å². The van der Waals surface area contributed by atoms with Crippen molar-refractivity contribution < 1.29 is 26.5 Å². The van der Waals surface area contributed by atoms with Crippen molar-refractivity contribution >= 4 is 22.3 Å². The second-order valence-corrected chi connectivity index (χ2v) is 12.9. The van der Waals surface area contributed by atoms with Gasteiger partial charge in [0, 0.05) is 46.1 Å². The summed E-state index contributed by atoms with van der Waals surface area (Å²) in [6.07, 6.45) is -2.98. The van der Waals surface area contributed by atoms with Crippen molar-refractivity contribution in [2.45, 2.75) is 65.1 Å². The highest BCUT2D eigenvalue weighted by molar-refractivity contribution is 7.90. The molecule has 0 aliphatic heterocycles. The molecule has 3 rings (SSSR count). The predicted molar refractivity (Wildman–Crippen MR) is 132 cm³/mol. The SMILES string of the molecule is CC(C)(C)Cn1cc([C@@H](CF)N[S@@+]([O-])C(C)(C)C)c2cc(F)c(-c3ccccc3C(F)(F)F)cc21. The summed E-state index contributed by atoms with van der Waals surface area (Å²) in [6, 6.07) is 6.41. The summed E-state index contributed by atoms with van der Waals surface area (Å²) >= 11 is -1.59. The maximum absolute atomic E-state index is 15.4. The zero-order valence-corrected chi connectivity index (χ0v) is 21.5. The molecule has 1 N–H and O–H groups in total. The number of nitrogens with one attached hydrogen (secondary N) is 1. The second kappa shape index (κ2) is 9.75. The molecule has 2 aromatic carbocycles. The Balaban J connectivity index is 2.25. The summed E-state index contributed by atoms with van der Waals surface area (Å²) < 4.78 is 87.1. The molecule has 192 valence electrons. The van der Waals surface area contributed by atoms with E-state index in [4.69, 9.17) is 0 Å². The van der Waals surface area contributed by atoms with Crippen LogP contribution in [-0.2, 0) is 24.1 Å². The van der Waals surface area contributed by atoms with Gasteiger partial charge in [-0.3, -0.25) is 0 Å². The van der Waals surface area contributed by atoms with E-state index in [-0.39, 0.29) is 16.5 Å². The van der Waals surface area contributed by atoms with Gasteiger partial charge < -0.3 is 9.12 Å². The first-order valence-electron chi connectivity index (χ1n) is 11.3. The van der Waals surface area contributed by atoms with Crippen molar-refractivity contribution in [1.29, 1.82) is 0 Å². The van der Waals surface area contributed by atoms with Gasteiger partial charge in [-0.1, -0.05) is 39.0 Å². The molecule has 9 heteroatoms. The molecule has 0 fully saturated rings. The lowest BCUT2D eigenvalue weighted by atomic mass is 9.96. The van der Waals surface area contributed by atoms with Crippen molar-refractivity contribution in [3.63, 3.8) is 0 Å². The van der Waals surface area contributed by atoms with E-state index < -0.39 is 46.4 Å². The number of benzene rings is 2. The lowest BCUT2D eigenvalue weighted by molar-refractivity contribution is -0.137. The van der Waals surface area contributed by atoms with Crippen LogP contribution in [0.5, 0.6) is 0 Å². The van der Waals surface area contributed by atoms with Gasteiger partial charge >= 0.3 is 6.18 Å². The molecule has 0 bridgehead atoms. The summed E-state index contributed by atoms with van der Waals surface area (Å²) in [7, 11) is 0. The molecule has 0 radical (unpaired) electrons. The van der Waals surface area contributed by atoms with Crippen molar-refractivity contribution in [1.82, 2.24) is 9.29 Å². The Bertz CT molecular complexity index is 1190. The molecular formula is C26H31F5N2OS. The molecule has 0 spiro atoms. The number of alkyl halides is 4. The molecular weight excluding hydrogens is 483 g/mol. The van der Waals surface area contributed by atoms with Crippen molar-refractivity contribution in [2.75, 3.05) is 6.67 Å². The average molecular weight is 515 g/mol. The van der Waals surface area contributed by atoms with Crippen molar-refractivity contribution in [2.24, 2.45) is 5.41 Å². The summed E-state index contributed by atoms with van der Waals surface area (Å²) in [6.45, 7) is 10.8. The van der Waals surface area contributed by atoms with Gasteiger partial charge in [-0.05, 0) is 49.9 Å². The molecule has 3 nitrogen and oxygen atoms in total. The van der Waals surface area contributed by atoms with Gasteiger partial charge in [0.25, 0.3) is 0 Å². The van der Waals surface area contributed by atoms with E-state index in [1.54, 1.807) is 31.5 Å². The number of aromatic nitrogens is 1. The first-order chi connectivity index (χ1) is 16.0. The Kier molecular flexibility index (Phi) is 7.65. The number of fused-ring (bicyclic) bond motifs is 1. The number of rotatable bonds is 6. The fraction of sp³-hybridized carbons (Fsp3) is 0.462. The van der Waals surface area contributed by atoms with Crippen LogP contribution in [0.25, 0.3) is 22.0 Å². The van der Waals surface area contributed by atoms with Crippen LogP contribution in [0.2, 0.25) is 0 Å².